The van der Waals surface area contributed by atoms with E-state index in [0.29, 0.717) is 5.92 Å². The molecule has 100 valence electrons. The Morgan fingerprint density at radius 1 is 1.32 bits per heavy atom. The normalized spacial score (nSPS) is 19.8. The third kappa shape index (κ3) is 2.66. The van der Waals surface area contributed by atoms with Crippen LogP contribution in [0.2, 0.25) is 0 Å². The zero-order valence-electron chi connectivity index (χ0n) is 11.2. The number of nitrogens with one attached hydrogen (secondary N) is 1. The highest BCUT2D eigenvalue weighted by Crippen LogP contribution is 2.22. The predicted octanol–water partition coefficient (Wildman–Crippen LogP) is 1.46. The van der Waals surface area contributed by atoms with Crippen molar-refractivity contribution in [3.05, 3.63) is 24.5 Å². The van der Waals surface area contributed by atoms with E-state index in [-0.39, 0.29) is 0 Å². The van der Waals surface area contributed by atoms with Gasteiger partial charge in [-0.15, -0.1) is 0 Å². The van der Waals surface area contributed by atoms with E-state index in [1.165, 1.54) is 12.8 Å². The monoisotopic (exact) mass is 257 g/mol. The van der Waals surface area contributed by atoms with Gasteiger partial charge in [-0.2, -0.15) is 0 Å². The van der Waals surface area contributed by atoms with Crippen molar-refractivity contribution in [1.29, 1.82) is 0 Å². The van der Waals surface area contributed by atoms with Gasteiger partial charge in [0.15, 0.2) is 5.65 Å². The Morgan fingerprint density at radius 3 is 3.11 bits per heavy atom. The van der Waals surface area contributed by atoms with E-state index in [9.17, 15) is 0 Å². The molecule has 2 aromatic rings. The minimum Gasteiger partial charge on any atom is -0.356 e. The Hall–Kier alpha value is -1.75. The first-order valence-electron chi connectivity index (χ1n) is 6.84. The fraction of sp³-hybridized carbons (Fsp3) is 0.500. The summed E-state index contributed by atoms with van der Waals surface area (Å²) in [7, 11) is 2.02. The predicted molar refractivity (Wildman–Crippen MR) is 76.2 cm³/mol. The molecule has 1 saturated heterocycles. The van der Waals surface area contributed by atoms with Crippen molar-refractivity contribution in [2.24, 2.45) is 5.92 Å². The number of nitrogens with zero attached hydrogens (tertiary/aromatic N) is 4. The van der Waals surface area contributed by atoms with Crippen molar-refractivity contribution in [2.45, 2.75) is 12.8 Å². The van der Waals surface area contributed by atoms with Crippen molar-refractivity contribution in [2.75, 3.05) is 31.6 Å². The molecule has 0 saturated carbocycles. The Bertz CT molecular complexity index is 554. The van der Waals surface area contributed by atoms with Crippen LogP contribution in [-0.2, 0) is 0 Å². The number of aromatic nitrogens is 3. The van der Waals surface area contributed by atoms with Gasteiger partial charge in [0.1, 0.15) is 11.3 Å². The van der Waals surface area contributed by atoms with Crippen LogP contribution in [0.3, 0.4) is 0 Å². The SMILES string of the molecule is CNCC1CCCN(c2ccc3nccnc3n2)C1. The number of rotatable bonds is 3. The second-order valence-electron chi connectivity index (χ2n) is 5.08. The molecule has 5 heteroatoms. The highest BCUT2D eigenvalue weighted by molar-refractivity contribution is 5.71. The molecule has 5 nitrogen and oxygen atoms in total. The summed E-state index contributed by atoms with van der Waals surface area (Å²) in [6.07, 6.45) is 5.92. The Kier molecular flexibility index (Phi) is 3.55. The molecule has 0 aliphatic carbocycles. The van der Waals surface area contributed by atoms with Gasteiger partial charge in [0.05, 0.1) is 0 Å². The van der Waals surface area contributed by atoms with Crippen LogP contribution in [-0.4, -0.2) is 41.6 Å². The lowest BCUT2D eigenvalue weighted by molar-refractivity contribution is 0.401. The summed E-state index contributed by atoms with van der Waals surface area (Å²) < 4.78 is 0. The highest BCUT2D eigenvalue weighted by atomic mass is 15.2. The van der Waals surface area contributed by atoms with E-state index in [0.717, 1.165) is 36.6 Å². The molecule has 2 aromatic heterocycles. The first-order valence-corrected chi connectivity index (χ1v) is 6.84. The number of fused-ring (bicyclic) bond motifs is 1. The van der Waals surface area contributed by atoms with E-state index in [4.69, 9.17) is 0 Å². The van der Waals surface area contributed by atoms with Gasteiger partial charge in [-0.1, -0.05) is 0 Å². The van der Waals surface area contributed by atoms with Crippen molar-refractivity contribution >= 4 is 17.0 Å². The van der Waals surface area contributed by atoms with E-state index < -0.39 is 0 Å². The first kappa shape index (κ1) is 12.3. The minimum absolute atomic E-state index is 0.707. The number of hydrogen-bond acceptors (Lipinski definition) is 5. The van der Waals surface area contributed by atoms with Gasteiger partial charge >= 0.3 is 0 Å². The highest BCUT2D eigenvalue weighted by Gasteiger charge is 2.20. The average molecular weight is 257 g/mol. The molecule has 1 fully saturated rings. The van der Waals surface area contributed by atoms with Crippen molar-refractivity contribution in [3.63, 3.8) is 0 Å². The number of hydrogen-bond donors (Lipinski definition) is 1. The van der Waals surface area contributed by atoms with Crippen LogP contribution in [0, 0.1) is 5.92 Å². The third-order valence-corrected chi connectivity index (χ3v) is 3.65. The topological polar surface area (TPSA) is 53.9 Å². The smallest absolute Gasteiger partial charge is 0.180 e. The maximum atomic E-state index is 4.63. The average Bonchev–Trinajstić information content (AvgIpc) is 2.47. The molecule has 3 heterocycles. The first-order chi connectivity index (χ1) is 9.36. The molecule has 1 aliphatic heterocycles. The molecule has 0 bridgehead atoms. The third-order valence-electron chi connectivity index (χ3n) is 3.65. The number of piperidine rings is 1. The van der Waals surface area contributed by atoms with Crippen LogP contribution < -0.4 is 10.2 Å². The lowest BCUT2D eigenvalue weighted by atomic mass is 9.98. The lowest BCUT2D eigenvalue weighted by Gasteiger charge is -2.33. The van der Waals surface area contributed by atoms with Crippen LogP contribution in [0.5, 0.6) is 0 Å². The molecule has 19 heavy (non-hydrogen) atoms. The van der Waals surface area contributed by atoms with Gasteiger partial charge in [-0.05, 0) is 44.5 Å². The van der Waals surface area contributed by atoms with Crippen LogP contribution in [0.15, 0.2) is 24.5 Å². The fourth-order valence-corrected chi connectivity index (χ4v) is 2.75. The summed E-state index contributed by atoms with van der Waals surface area (Å²) in [6.45, 7) is 3.22. The standard InChI is InChI=1S/C14H19N5/c1-15-9-11-3-2-8-19(10-11)13-5-4-12-14(18-13)17-7-6-16-12/h4-7,11,15H,2-3,8-10H2,1H3. The van der Waals surface area contributed by atoms with Crippen molar-refractivity contribution < 1.29 is 0 Å². The van der Waals surface area contributed by atoms with Crippen LogP contribution in [0.4, 0.5) is 5.82 Å². The summed E-state index contributed by atoms with van der Waals surface area (Å²) >= 11 is 0. The fourth-order valence-electron chi connectivity index (χ4n) is 2.75. The van der Waals surface area contributed by atoms with Gasteiger partial charge in [-0.25, -0.2) is 9.97 Å². The van der Waals surface area contributed by atoms with Gasteiger partial charge in [-0.3, -0.25) is 4.98 Å². The number of pyridine rings is 1. The van der Waals surface area contributed by atoms with Gasteiger partial charge < -0.3 is 10.2 Å². The number of anilines is 1. The molecule has 3 rings (SSSR count). The van der Waals surface area contributed by atoms with Gasteiger partial charge in [0.25, 0.3) is 0 Å². The molecule has 0 radical (unpaired) electrons. The maximum absolute atomic E-state index is 4.63. The van der Waals surface area contributed by atoms with Crippen molar-refractivity contribution in [1.82, 2.24) is 20.3 Å². The molecule has 1 N–H and O–H groups in total. The lowest BCUT2D eigenvalue weighted by Crippen LogP contribution is -2.39. The second kappa shape index (κ2) is 5.48. The van der Waals surface area contributed by atoms with Gasteiger partial charge in [0.2, 0.25) is 0 Å². The molecular weight excluding hydrogens is 238 g/mol. The molecular formula is C14H19N5. The summed E-state index contributed by atoms with van der Waals surface area (Å²) in [4.78, 5) is 15.5. The van der Waals surface area contributed by atoms with E-state index >= 15 is 0 Å². The van der Waals surface area contributed by atoms with Gasteiger partial charge in [0, 0.05) is 25.5 Å². The van der Waals surface area contributed by atoms with Crippen molar-refractivity contribution in [3.8, 4) is 0 Å². The maximum Gasteiger partial charge on any atom is 0.180 e. The quantitative estimate of drug-likeness (QED) is 0.902. The summed E-state index contributed by atoms with van der Waals surface area (Å²) in [6, 6.07) is 4.06. The summed E-state index contributed by atoms with van der Waals surface area (Å²) in [5.74, 6) is 1.73. The Labute approximate surface area is 113 Å². The van der Waals surface area contributed by atoms with Crippen LogP contribution in [0.1, 0.15) is 12.8 Å². The molecule has 0 amide bonds. The van der Waals surface area contributed by atoms with E-state index in [1.807, 2.05) is 13.1 Å². The molecule has 1 aliphatic rings. The molecule has 1 unspecified atom stereocenters. The molecule has 0 spiro atoms. The van der Waals surface area contributed by atoms with Crippen LogP contribution >= 0.6 is 0 Å². The second-order valence-corrected chi connectivity index (χ2v) is 5.08. The molecule has 0 aromatic carbocycles. The Morgan fingerprint density at radius 2 is 2.21 bits per heavy atom. The van der Waals surface area contributed by atoms with E-state index in [1.54, 1.807) is 12.4 Å². The molecule has 1 atom stereocenters. The van der Waals surface area contributed by atoms with E-state index in [2.05, 4.69) is 31.2 Å². The summed E-state index contributed by atoms with van der Waals surface area (Å²) in [5, 5.41) is 3.27. The van der Waals surface area contributed by atoms with Crippen LogP contribution in [0.25, 0.3) is 11.2 Å². The summed E-state index contributed by atoms with van der Waals surface area (Å²) in [5.41, 5.74) is 1.59. The zero-order chi connectivity index (χ0) is 13.1. The Balaban J connectivity index is 1.83. The minimum atomic E-state index is 0.707. The zero-order valence-corrected chi connectivity index (χ0v) is 11.2. The largest absolute Gasteiger partial charge is 0.356 e.